The van der Waals surface area contributed by atoms with Crippen LogP contribution in [0.3, 0.4) is 0 Å². The number of benzene rings is 3. The zero-order chi connectivity index (χ0) is 30.1. The average Bonchev–Trinajstić information content (AvgIpc) is 3.48. The van der Waals surface area contributed by atoms with Crippen molar-refractivity contribution >= 4 is 23.8 Å². The fraction of sp³-hybridized carbons (Fsp3) is 0.290. The van der Waals surface area contributed by atoms with Crippen molar-refractivity contribution in [2.75, 3.05) is 13.1 Å². The quantitative estimate of drug-likeness (QED) is 0.231. The highest BCUT2D eigenvalue weighted by molar-refractivity contribution is 5.92. The number of phenols is 1. The van der Waals surface area contributed by atoms with E-state index in [2.05, 4.69) is 10.6 Å². The molecule has 1 saturated heterocycles. The molecule has 42 heavy (non-hydrogen) atoms. The summed E-state index contributed by atoms with van der Waals surface area (Å²) in [5.74, 6) is -1.60. The molecule has 5 amide bonds. The van der Waals surface area contributed by atoms with Crippen molar-refractivity contribution in [2.45, 2.75) is 43.8 Å². The van der Waals surface area contributed by atoms with E-state index in [4.69, 9.17) is 11.5 Å². The van der Waals surface area contributed by atoms with Crippen molar-refractivity contribution in [3.05, 3.63) is 102 Å². The Labute approximate surface area is 244 Å². The Morgan fingerprint density at radius 3 is 1.81 bits per heavy atom. The van der Waals surface area contributed by atoms with Crippen LogP contribution in [0.1, 0.15) is 23.1 Å². The molecular formula is C31H36N6O5. The molecule has 0 unspecified atom stereocenters. The molecule has 3 aromatic carbocycles. The van der Waals surface area contributed by atoms with Crippen molar-refractivity contribution in [3.8, 4) is 5.75 Å². The lowest BCUT2D eigenvalue weighted by Crippen LogP contribution is -2.59. The fourth-order valence-corrected chi connectivity index (χ4v) is 4.84. The molecule has 11 nitrogen and oxygen atoms in total. The molecule has 0 bridgehead atoms. The lowest BCUT2D eigenvalue weighted by atomic mass is 10.0. The van der Waals surface area contributed by atoms with Crippen LogP contribution in [-0.4, -0.2) is 70.1 Å². The molecule has 220 valence electrons. The first-order valence-corrected chi connectivity index (χ1v) is 13.8. The summed E-state index contributed by atoms with van der Waals surface area (Å²) in [6, 6.07) is 21.1. The van der Waals surface area contributed by atoms with E-state index in [0.717, 1.165) is 16.7 Å². The molecule has 0 spiro atoms. The number of amides is 5. The molecule has 1 heterocycles. The molecule has 1 aliphatic rings. The molecule has 0 aliphatic carbocycles. The van der Waals surface area contributed by atoms with Crippen LogP contribution in [0, 0.1) is 0 Å². The Morgan fingerprint density at radius 1 is 0.714 bits per heavy atom. The number of nitrogens with one attached hydrogen (secondary N) is 2. The van der Waals surface area contributed by atoms with E-state index in [0.29, 0.717) is 13.0 Å². The zero-order valence-electron chi connectivity index (χ0n) is 23.2. The number of hydrazine groups is 1. The van der Waals surface area contributed by atoms with Crippen LogP contribution in [0.15, 0.2) is 84.9 Å². The zero-order valence-corrected chi connectivity index (χ0v) is 23.2. The fourth-order valence-electron chi connectivity index (χ4n) is 4.84. The van der Waals surface area contributed by atoms with E-state index in [9.17, 15) is 24.3 Å². The normalized spacial score (nSPS) is 15.0. The molecule has 3 atom stereocenters. The highest BCUT2D eigenvalue weighted by atomic mass is 16.3. The second-order valence-electron chi connectivity index (χ2n) is 10.3. The molecular weight excluding hydrogens is 536 g/mol. The van der Waals surface area contributed by atoms with Gasteiger partial charge in [0.1, 0.15) is 17.8 Å². The van der Waals surface area contributed by atoms with Gasteiger partial charge in [-0.2, -0.15) is 0 Å². The largest absolute Gasteiger partial charge is 0.508 e. The molecule has 0 radical (unpaired) electrons. The highest BCUT2D eigenvalue weighted by Crippen LogP contribution is 2.16. The van der Waals surface area contributed by atoms with Crippen LogP contribution in [-0.2, 0) is 33.6 Å². The third-order valence-corrected chi connectivity index (χ3v) is 7.07. The maximum atomic E-state index is 13.5. The van der Waals surface area contributed by atoms with Crippen LogP contribution in [0.2, 0.25) is 0 Å². The van der Waals surface area contributed by atoms with Gasteiger partial charge < -0.3 is 27.2 Å². The lowest BCUT2D eigenvalue weighted by molar-refractivity contribution is -0.141. The monoisotopic (exact) mass is 572 g/mol. The Kier molecular flexibility index (Phi) is 10.1. The Hall–Kier alpha value is -4.90. The number of nitrogens with two attached hydrogens (primary N) is 2. The van der Waals surface area contributed by atoms with Gasteiger partial charge in [0, 0.05) is 25.9 Å². The molecule has 7 N–H and O–H groups in total. The van der Waals surface area contributed by atoms with Gasteiger partial charge in [-0.3, -0.25) is 14.4 Å². The minimum atomic E-state index is -1.05. The average molecular weight is 573 g/mol. The number of urea groups is 1. The second-order valence-corrected chi connectivity index (χ2v) is 10.3. The summed E-state index contributed by atoms with van der Waals surface area (Å²) in [7, 11) is 0. The van der Waals surface area contributed by atoms with E-state index >= 15 is 0 Å². The number of carbonyl (C=O) groups is 4. The Morgan fingerprint density at radius 2 is 1.24 bits per heavy atom. The summed E-state index contributed by atoms with van der Waals surface area (Å²) in [6.45, 7) is 0.563. The highest BCUT2D eigenvalue weighted by Gasteiger charge is 2.35. The number of hydrogen-bond acceptors (Lipinski definition) is 6. The number of nitrogens with zero attached hydrogens (tertiary/aromatic N) is 2. The van der Waals surface area contributed by atoms with E-state index in [1.165, 1.54) is 22.2 Å². The van der Waals surface area contributed by atoms with Crippen molar-refractivity contribution in [2.24, 2.45) is 11.5 Å². The van der Waals surface area contributed by atoms with Gasteiger partial charge in [0.15, 0.2) is 0 Å². The van der Waals surface area contributed by atoms with Gasteiger partial charge in [0.25, 0.3) is 5.91 Å². The molecule has 1 fully saturated rings. The van der Waals surface area contributed by atoms with Gasteiger partial charge in [0.2, 0.25) is 11.8 Å². The standard InChI is InChI=1S/C31H36N6O5/c32-25(18-23-12-14-24(38)15-13-23)30(41)36-16-7-17-37(36)31(42)35-27(20-22-10-5-2-6-11-22)29(40)34-26(28(33)39)19-21-8-3-1-4-9-21/h1-6,8-15,25-27,38H,7,16-20,32H2,(H2,33,39)(H,34,40)(H,35,42)/t25-,26+,27+/m1/s1. The van der Waals surface area contributed by atoms with Crippen molar-refractivity contribution in [1.29, 1.82) is 0 Å². The summed E-state index contributed by atoms with van der Waals surface area (Å²) in [5, 5.41) is 17.5. The first-order valence-electron chi connectivity index (χ1n) is 13.8. The predicted octanol–water partition coefficient (Wildman–Crippen LogP) is 1.25. The first kappa shape index (κ1) is 30.1. The number of primary amides is 1. The minimum Gasteiger partial charge on any atom is -0.508 e. The number of aromatic hydroxyl groups is 1. The topological polar surface area (TPSA) is 171 Å². The predicted molar refractivity (Wildman–Crippen MR) is 157 cm³/mol. The van der Waals surface area contributed by atoms with Crippen LogP contribution >= 0.6 is 0 Å². The van der Waals surface area contributed by atoms with Gasteiger partial charge in [-0.25, -0.2) is 14.8 Å². The first-order chi connectivity index (χ1) is 20.2. The maximum Gasteiger partial charge on any atom is 0.336 e. The third-order valence-electron chi connectivity index (χ3n) is 7.07. The van der Waals surface area contributed by atoms with Crippen molar-refractivity contribution in [3.63, 3.8) is 0 Å². The summed E-state index contributed by atoms with van der Waals surface area (Å²) < 4.78 is 0. The Bertz CT molecular complexity index is 1370. The minimum absolute atomic E-state index is 0.109. The molecule has 11 heteroatoms. The van der Waals surface area contributed by atoms with Crippen molar-refractivity contribution < 1.29 is 24.3 Å². The molecule has 0 aromatic heterocycles. The van der Waals surface area contributed by atoms with E-state index in [1.807, 2.05) is 60.7 Å². The van der Waals surface area contributed by atoms with Crippen LogP contribution in [0.5, 0.6) is 5.75 Å². The summed E-state index contributed by atoms with van der Waals surface area (Å²) in [4.78, 5) is 52.4. The van der Waals surface area contributed by atoms with E-state index in [1.54, 1.807) is 12.1 Å². The van der Waals surface area contributed by atoms with Gasteiger partial charge in [-0.15, -0.1) is 0 Å². The number of phenolic OH excluding ortho intramolecular Hbond substituents is 1. The smallest absolute Gasteiger partial charge is 0.336 e. The third kappa shape index (κ3) is 8.07. The number of carbonyl (C=O) groups excluding carboxylic acids is 4. The van der Waals surface area contributed by atoms with E-state index in [-0.39, 0.29) is 31.6 Å². The van der Waals surface area contributed by atoms with Gasteiger partial charge >= 0.3 is 6.03 Å². The van der Waals surface area contributed by atoms with Crippen molar-refractivity contribution in [1.82, 2.24) is 20.7 Å². The number of hydrogen-bond donors (Lipinski definition) is 5. The summed E-state index contributed by atoms with van der Waals surface area (Å²) >= 11 is 0. The lowest BCUT2D eigenvalue weighted by Gasteiger charge is -2.31. The van der Waals surface area contributed by atoms with Crippen LogP contribution in [0.25, 0.3) is 0 Å². The molecule has 0 saturated carbocycles. The van der Waals surface area contributed by atoms with Crippen LogP contribution in [0.4, 0.5) is 4.79 Å². The van der Waals surface area contributed by atoms with Gasteiger partial charge in [-0.05, 0) is 41.7 Å². The molecule has 4 rings (SSSR count). The summed E-state index contributed by atoms with van der Waals surface area (Å²) in [5.41, 5.74) is 14.2. The van der Waals surface area contributed by atoms with E-state index < -0.39 is 41.9 Å². The Balaban J connectivity index is 1.46. The van der Waals surface area contributed by atoms with Crippen LogP contribution < -0.4 is 22.1 Å². The van der Waals surface area contributed by atoms with Gasteiger partial charge in [-0.1, -0.05) is 72.8 Å². The molecule has 1 aliphatic heterocycles. The summed E-state index contributed by atoms with van der Waals surface area (Å²) in [6.07, 6.45) is 1.11. The maximum absolute atomic E-state index is 13.5. The molecule has 3 aromatic rings. The second kappa shape index (κ2) is 14.1. The van der Waals surface area contributed by atoms with Gasteiger partial charge in [0.05, 0.1) is 6.04 Å². The SMILES string of the molecule is NC(=O)[C@H](Cc1ccccc1)NC(=O)[C@H](Cc1ccccc1)NC(=O)N1CCCN1C(=O)[C@H](N)Cc1ccc(O)cc1. The number of rotatable bonds is 11.